The lowest BCUT2D eigenvalue weighted by Crippen LogP contribution is -2.41. The van der Waals surface area contributed by atoms with Crippen LogP contribution >= 0.6 is 0 Å². The first-order chi connectivity index (χ1) is 21.2. The van der Waals surface area contributed by atoms with Crippen LogP contribution in [0.25, 0.3) is 11.1 Å². The summed E-state index contributed by atoms with van der Waals surface area (Å²) < 4.78 is 12.0. The van der Waals surface area contributed by atoms with Gasteiger partial charge in [0.25, 0.3) is 5.91 Å². The molecule has 1 aromatic heterocycles. The maximum absolute atomic E-state index is 13.2. The number of piperidine rings is 1. The molecule has 1 unspecified atom stereocenters. The first-order valence-electron chi connectivity index (χ1n) is 14.9. The SMILES string of the molecule is CCOc1ccccc1OC1CCCN(c2cncc(NC(=O)c3cccc(-c4ccc(CC(C)(C)C(=O)O)cc4)c3)n2)C1. The van der Waals surface area contributed by atoms with Crippen molar-refractivity contribution in [2.45, 2.75) is 46.1 Å². The lowest BCUT2D eigenvalue weighted by molar-refractivity contribution is -0.146. The van der Waals surface area contributed by atoms with Crippen LogP contribution in [0.1, 0.15) is 49.5 Å². The standard InChI is InChI=1S/C35H38N4O5/c1-4-43-29-12-5-6-13-30(29)44-28-11-8-18-39(23-28)32-22-36-21-31(37-32)38-33(40)27-10-7-9-26(19-27)25-16-14-24(15-17-25)20-35(2,3)34(41)42/h5-7,9-10,12-17,19,21-22,28H,4,8,11,18,20,23H2,1-3H3,(H,41,42)(H,37,38,40). The van der Waals surface area contributed by atoms with Gasteiger partial charge in [-0.05, 0) is 81.0 Å². The number of aromatic nitrogens is 2. The fourth-order valence-corrected chi connectivity index (χ4v) is 5.24. The van der Waals surface area contributed by atoms with E-state index in [9.17, 15) is 14.7 Å². The summed E-state index contributed by atoms with van der Waals surface area (Å²) in [5.74, 6) is 1.39. The van der Waals surface area contributed by atoms with Crippen LogP contribution in [0.15, 0.2) is 85.2 Å². The third-order valence-electron chi connectivity index (χ3n) is 7.65. The Labute approximate surface area is 257 Å². The Morgan fingerprint density at radius 3 is 2.52 bits per heavy atom. The average molecular weight is 595 g/mol. The zero-order valence-electron chi connectivity index (χ0n) is 25.3. The Bertz CT molecular complexity index is 1610. The largest absolute Gasteiger partial charge is 0.490 e. The minimum absolute atomic E-state index is 0.0362. The monoisotopic (exact) mass is 594 g/mol. The Balaban J connectivity index is 1.23. The number of anilines is 2. The molecule has 1 fully saturated rings. The van der Waals surface area contributed by atoms with Crippen molar-refractivity contribution >= 4 is 23.5 Å². The number of nitrogens with one attached hydrogen (secondary N) is 1. The van der Waals surface area contributed by atoms with Crippen molar-refractivity contribution in [2.75, 3.05) is 29.9 Å². The van der Waals surface area contributed by atoms with Crippen molar-refractivity contribution in [3.05, 3.63) is 96.3 Å². The molecular formula is C35H38N4O5. The van der Waals surface area contributed by atoms with E-state index in [-0.39, 0.29) is 12.0 Å². The van der Waals surface area contributed by atoms with Crippen LogP contribution in [0.2, 0.25) is 0 Å². The number of nitrogens with zero attached hydrogens (tertiary/aromatic N) is 3. The number of rotatable bonds is 11. The topological polar surface area (TPSA) is 114 Å². The Kier molecular flexibility index (Phi) is 9.43. The summed E-state index contributed by atoms with van der Waals surface area (Å²) in [6.07, 6.45) is 5.49. The van der Waals surface area contributed by atoms with E-state index >= 15 is 0 Å². The van der Waals surface area contributed by atoms with Gasteiger partial charge < -0.3 is 24.8 Å². The molecule has 9 nitrogen and oxygen atoms in total. The summed E-state index contributed by atoms with van der Waals surface area (Å²) in [5, 5.41) is 12.3. The van der Waals surface area contributed by atoms with Gasteiger partial charge in [0.15, 0.2) is 17.3 Å². The number of amides is 1. The number of carboxylic acids is 1. The molecule has 4 aromatic rings. The van der Waals surface area contributed by atoms with Crippen molar-refractivity contribution in [1.82, 2.24) is 9.97 Å². The van der Waals surface area contributed by atoms with Gasteiger partial charge in [0, 0.05) is 12.1 Å². The molecule has 0 bridgehead atoms. The zero-order chi connectivity index (χ0) is 31.1. The van der Waals surface area contributed by atoms with E-state index in [0.717, 1.165) is 47.6 Å². The molecule has 0 saturated carbocycles. The van der Waals surface area contributed by atoms with Crippen molar-refractivity contribution < 1.29 is 24.2 Å². The molecule has 1 saturated heterocycles. The highest BCUT2D eigenvalue weighted by Crippen LogP contribution is 2.30. The summed E-state index contributed by atoms with van der Waals surface area (Å²) in [4.78, 5) is 35.9. The van der Waals surface area contributed by atoms with Crippen molar-refractivity contribution in [3.8, 4) is 22.6 Å². The molecule has 1 amide bonds. The molecule has 5 rings (SSSR count). The molecule has 0 spiro atoms. The number of para-hydroxylation sites is 2. The van der Waals surface area contributed by atoms with E-state index in [1.54, 1.807) is 32.3 Å². The van der Waals surface area contributed by atoms with Gasteiger partial charge in [0.1, 0.15) is 11.9 Å². The first-order valence-corrected chi connectivity index (χ1v) is 14.9. The van der Waals surface area contributed by atoms with Crippen LogP contribution in [0, 0.1) is 5.41 Å². The van der Waals surface area contributed by atoms with Gasteiger partial charge in [-0.3, -0.25) is 14.6 Å². The Hall–Kier alpha value is -4.92. The van der Waals surface area contributed by atoms with E-state index in [4.69, 9.17) is 14.5 Å². The minimum Gasteiger partial charge on any atom is -0.490 e. The highest BCUT2D eigenvalue weighted by Gasteiger charge is 2.27. The van der Waals surface area contributed by atoms with Gasteiger partial charge in [-0.2, -0.15) is 0 Å². The lowest BCUT2D eigenvalue weighted by Gasteiger charge is -2.33. The quantitative estimate of drug-likeness (QED) is 0.202. The van der Waals surface area contributed by atoms with Gasteiger partial charge >= 0.3 is 5.97 Å². The molecule has 1 aliphatic heterocycles. The van der Waals surface area contributed by atoms with E-state index in [2.05, 4.69) is 15.2 Å². The maximum Gasteiger partial charge on any atom is 0.309 e. The maximum atomic E-state index is 13.2. The predicted molar refractivity (Wildman–Crippen MR) is 170 cm³/mol. The van der Waals surface area contributed by atoms with Gasteiger partial charge in [-0.1, -0.05) is 48.5 Å². The van der Waals surface area contributed by atoms with Crippen LogP contribution in [-0.2, 0) is 11.2 Å². The first kappa shape index (κ1) is 30.5. The summed E-state index contributed by atoms with van der Waals surface area (Å²) >= 11 is 0. The second-order valence-corrected chi connectivity index (χ2v) is 11.6. The Morgan fingerprint density at radius 1 is 1.00 bits per heavy atom. The highest BCUT2D eigenvalue weighted by molar-refractivity contribution is 6.04. The second kappa shape index (κ2) is 13.6. The van der Waals surface area contributed by atoms with E-state index in [0.29, 0.717) is 36.8 Å². The molecule has 0 aliphatic carbocycles. The summed E-state index contributed by atoms with van der Waals surface area (Å²) in [5.41, 5.74) is 2.40. The second-order valence-electron chi connectivity index (χ2n) is 11.6. The molecular weight excluding hydrogens is 556 g/mol. The van der Waals surface area contributed by atoms with Crippen LogP contribution in [0.5, 0.6) is 11.5 Å². The third kappa shape index (κ3) is 7.53. The number of carbonyl (C=O) groups is 2. The fourth-order valence-electron chi connectivity index (χ4n) is 5.24. The van der Waals surface area contributed by atoms with Crippen molar-refractivity contribution in [3.63, 3.8) is 0 Å². The normalized spacial score (nSPS) is 15.0. The zero-order valence-corrected chi connectivity index (χ0v) is 25.3. The number of benzene rings is 3. The number of hydrogen-bond acceptors (Lipinski definition) is 7. The molecule has 1 aliphatic rings. The summed E-state index contributed by atoms with van der Waals surface area (Å²) in [6, 6.07) is 22.8. The number of ether oxygens (including phenoxy) is 2. The molecule has 0 radical (unpaired) electrons. The number of carboxylic acid groups (broad SMARTS) is 1. The molecule has 9 heteroatoms. The molecule has 228 valence electrons. The van der Waals surface area contributed by atoms with Crippen molar-refractivity contribution in [2.24, 2.45) is 5.41 Å². The predicted octanol–water partition coefficient (Wildman–Crippen LogP) is 6.50. The van der Waals surface area contributed by atoms with Gasteiger partial charge in [-0.15, -0.1) is 0 Å². The van der Waals surface area contributed by atoms with Gasteiger partial charge in [-0.25, -0.2) is 4.98 Å². The van der Waals surface area contributed by atoms with Crippen LogP contribution in [0.3, 0.4) is 0 Å². The number of carbonyl (C=O) groups excluding carboxylic acids is 1. The smallest absolute Gasteiger partial charge is 0.309 e. The summed E-state index contributed by atoms with van der Waals surface area (Å²) in [7, 11) is 0. The molecule has 44 heavy (non-hydrogen) atoms. The molecule has 3 aromatic carbocycles. The Morgan fingerprint density at radius 2 is 1.77 bits per heavy atom. The highest BCUT2D eigenvalue weighted by atomic mass is 16.5. The van der Waals surface area contributed by atoms with E-state index < -0.39 is 11.4 Å². The van der Waals surface area contributed by atoms with E-state index in [1.807, 2.05) is 73.7 Å². The number of aliphatic carboxylic acids is 1. The van der Waals surface area contributed by atoms with E-state index in [1.165, 1.54) is 0 Å². The molecule has 2 heterocycles. The molecule has 2 N–H and O–H groups in total. The third-order valence-corrected chi connectivity index (χ3v) is 7.65. The van der Waals surface area contributed by atoms with Crippen LogP contribution in [-0.4, -0.2) is 52.8 Å². The lowest BCUT2D eigenvalue weighted by atomic mass is 9.85. The summed E-state index contributed by atoms with van der Waals surface area (Å²) in [6.45, 7) is 7.40. The van der Waals surface area contributed by atoms with Crippen LogP contribution in [0.4, 0.5) is 11.6 Å². The fraction of sp³-hybridized carbons (Fsp3) is 0.314. The van der Waals surface area contributed by atoms with Crippen LogP contribution < -0.4 is 19.7 Å². The van der Waals surface area contributed by atoms with Crippen molar-refractivity contribution in [1.29, 1.82) is 0 Å². The van der Waals surface area contributed by atoms with Gasteiger partial charge in [0.05, 0.1) is 31.0 Å². The minimum atomic E-state index is -0.848. The average Bonchev–Trinajstić information content (AvgIpc) is 3.02. The van der Waals surface area contributed by atoms with Gasteiger partial charge in [0.2, 0.25) is 0 Å². The number of hydrogen-bond donors (Lipinski definition) is 2. The molecule has 1 atom stereocenters.